The fourth-order valence-corrected chi connectivity index (χ4v) is 4.03. The van der Waals surface area contributed by atoms with Crippen molar-refractivity contribution in [2.45, 2.75) is 45.1 Å². The molecule has 136 valence electrons. The lowest BCUT2D eigenvalue weighted by Crippen LogP contribution is -2.02. The largest absolute Gasteiger partial charge is 0.334 e. The molecule has 2 heterocycles. The van der Waals surface area contributed by atoms with Gasteiger partial charge in [-0.1, -0.05) is 37.1 Å². The molecule has 0 bridgehead atoms. The van der Waals surface area contributed by atoms with Crippen molar-refractivity contribution in [1.82, 2.24) is 19.7 Å². The molecule has 0 spiro atoms. The third kappa shape index (κ3) is 2.93. The molecule has 1 aliphatic rings. The van der Waals surface area contributed by atoms with Crippen LogP contribution < -0.4 is 0 Å². The number of imidazole rings is 1. The number of nitrogens with zero attached hydrogens (tertiary/aromatic N) is 4. The van der Waals surface area contributed by atoms with Crippen molar-refractivity contribution in [3.8, 4) is 22.8 Å². The number of aromatic nitrogens is 4. The summed E-state index contributed by atoms with van der Waals surface area (Å²) in [5.41, 5.74) is 5.32. The number of hydrogen-bond donors (Lipinski definition) is 0. The van der Waals surface area contributed by atoms with E-state index in [2.05, 4.69) is 56.9 Å². The highest BCUT2D eigenvalue weighted by atomic mass is 16.5. The molecule has 0 aliphatic heterocycles. The molecule has 2 aromatic heterocycles. The monoisotopic (exact) mass is 358 g/mol. The second-order valence-corrected chi connectivity index (χ2v) is 7.27. The summed E-state index contributed by atoms with van der Waals surface area (Å²) in [5.74, 6) is 1.15. The lowest BCUT2D eigenvalue weighted by Gasteiger charge is -2.11. The van der Waals surface area contributed by atoms with Gasteiger partial charge in [-0.3, -0.25) is 0 Å². The molecule has 1 aliphatic carbocycles. The van der Waals surface area contributed by atoms with Crippen LogP contribution in [0.3, 0.4) is 0 Å². The van der Waals surface area contributed by atoms with Crippen LogP contribution in [0.2, 0.25) is 0 Å². The Balaban J connectivity index is 1.48. The minimum absolute atomic E-state index is 0.553. The van der Waals surface area contributed by atoms with Gasteiger partial charge in [0.2, 0.25) is 5.82 Å². The maximum absolute atomic E-state index is 5.52. The Kier molecular flexibility index (Phi) is 4.00. The van der Waals surface area contributed by atoms with E-state index in [0.29, 0.717) is 17.8 Å². The van der Waals surface area contributed by atoms with Crippen LogP contribution in [0, 0.1) is 0 Å². The lowest BCUT2D eigenvalue weighted by molar-refractivity contribution is 0.432. The Labute approximate surface area is 158 Å². The number of aryl methyl sites for hydroxylation is 1. The lowest BCUT2D eigenvalue weighted by atomic mass is 10.1. The Morgan fingerprint density at radius 1 is 1.07 bits per heavy atom. The molecule has 0 amide bonds. The van der Waals surface area contributed by atoms with Crippen molar-refractivity contribution in [2.24, 2.45) is 0 Å². The van der Waals surface area contributed by atoms with Crippen LogP contribution in [0.15, 0.2) is 53.3 Å². The van der Waals surface area contributed by atoms with Gasteiger partial charge in [0.15, 0.2) is 0 Å². The van der Waals surface area contributed by atoms with Gasteiger partial charge in [0.1, 0.15) is 0 Å². The molecule has 5 heteroatoms. The number of benzene rings is 2. The first-order chi connectivity index (χ1) is 13.3. The van der Waals surface area contributed by atoms with Gasteiger partial charge in [-0.15, -0.1) is 0 Å². The van der Waals surface area contributed by atoms with E-state index in [9.17, 15) is 0 Å². The van der Waals surface area contributed by atoms with E-state index in [-0.39, 0.29) is 0 Å². The Bertz CT molecular complexity index is 1090. The molecule has 5 nitrogen and oxygen atoms in total. The van der Waals surface area contributed by atoms with Crippen molar-refractivity contribution in [1.29, 1.82) is 0 Å². The van der Waals surface area contributed by atoms with Gasteiger partial charge in [0.05, 0.1) is 17.4 Å². The van der Waals surface area contributed by atoms with E-state index < -0.39 is 0 Å². The summed E-state index contributed by atoms with van der Waals surface area (Å²) < 4.78 is 7.84. The first kappa shape index (κ1) is 16.2. The van der Waals surface area contributed by atoms with Gasteiger partial charge < -0.3 is 9.09 Å². The quantitative estimate of drug-likeness (QED) is 0.488. The van der Waals surface area contributed by atoms with E-state index in [4.69, 9.17) is 4.52 Å². The first-order valence-corrected chi connectivity index (χ1v) is 9.72. The molecular weight excluding hydrogens is 336 g/mol. The zero-order chi connectivity index (χ0) is 18.2. The van der Waals surface area contributed by atoms with Crippen molar-refractivity contribution in [3.63, 3.8) is 0 Å². The van der Waals surface area contributed by atoms with Crippen molar-refractivity contribution >= 4 is 11.0 Å². The fraction of sp³-hybridized carbons (Fsp3) is 0.318. The van der Waals surface area contributed by atoms with Gasteiger partial charge in [-0.05, 0) is 55.2 Å². The van der Waals surface area contributed by atoms with E-state index in [1.54, 1.807) is 0 Å². The summed E-state index contributed by atoms with van der Waals surface area (Å²) in [4.78, 5) is 9.22. The summed E-state index contributed by atoms with van der Waals surface area (Å²) in [6.07, 6.45) is 8.08. The minimum atomic E-state index is 0.553. The van der Waals surface area contributed by atoms with Crippen LogP contribution in [-0.4, -0.2) is 19.7 Å². The van der Waals surface area contributed by atoms with Crippen molar-refractivity contribution in [3.05, 3.63) is 54.4 Å². The molecule has 1 fully saturated rings. The van der Waals surface area contributed by atoms with Gasteiger partial charge in [-0.25, -0.2) is 4.98 Å². The molecule has 4 aromatic rings. The maximum Gasteiger partial charge on any atom is 0.258 e. The summed E-state index contributed by atoms with van der Waals surface area (Å²) in [6, 6.07) is 15.1. The van der Waals surface area contributed by atoms with Crippen molar-refractivity contribution in [2.75, 3.05) is 0 Å². The smallest absolute Gasteiger partial charge is 0.258 e. The number of hydrogen-bond acceptors (Lipinski definition) is 4. The molecule has 0 atom stereocenters. The SMILES string of the molecule is CCc1cccc(-c2nc(-c3ccc4c(c3)ncn4C3CCCC3)no2)c1. The number of rotatable bonds is 4. The van der Waals surface area contributed by atoms with Gasteiger partial charge in [0.25, 0.3) is 5.89 Å². The zero-order valence-corrected chi connectivity index (χ0v) is 15.4. The van der Waals surface area contributed by atoms with Crippen LogP contribution in [0.1, 0.15) is 44.2 Å². The van der Waals surface area contributed by atoms with Gasteiger partial charge >= 0.3 is 0 Å². The van der Waals surface area contributed by atoms with Gasteiger partial charge in [-0.2, -0.15) is 4.98 Å². The average Bonchev–Trinajstić information content (AvgIpc) is 3.47. The van der Waals surface area contributed by atoms with Crippen LogP contribution in [-0.2, 0) is 6.42 Å². The highest BCUT2D eigenvalue weighted by Crippen LogP contribution is 2.33. The fourth-order valence-electron chi connectivity index (χ4n) is 4.03. The Hall–Kier alpha value is -2.95. The number of fused-ring (bicyclic) bond motifs is 1. The summed E-state index contributed by atoms with van der Waals surface area (Å²) >= 11 is 0. The van der Waals surface area contributed by atoms with E-state index in [0.717, 1.165) is 23.1 Å². The predicted octanol–water partition coefficient (Wildman–Crippen LogP) is 5.43. The van der Waals surface area contributed by atoms with E-state index in [1.807, 2.05) is 18.5 Å². The summed E-state index contributed by atoms with van der Waals surface area (Å²) in [6.45, 7) is 2.14. The highest BCUT2D eigenvalue weighted by molar-refractivity contribution is 5.81. The standard InChI is InChI=1S/C22H22N4O/c1-2-15-6-5-7-17(12-15)22-24-21(25-27-22)16-10-11-20-19(13-16)23-14-26(20)18-8-3-4-9-18/h5-7,10-14,18H,2-4,8-9H2,1H3. The maximum atomic E-state index is 5.52. The summed E-state index contributed by atoms with van der Waals surface area (Å²) in [7, 11) is 0. The Morgan fingerprint density at radius 2 is 1.96 bits per heavy atom. The van der Waals surface area contributed by atoms with Crippen molar-refractivity contribution < 1.29 is 4.52 Å². The topological polar surface area (TPSA) is 56.7 Å². The zero-order valence-electron chi connectivity index (χ0n) is 15.4. The van der Waals surface area contributed by atoms with E-state index >= 15 is 0 Å². The normalized spacial score (nSPS) is 15.0. The molecule has 5 rings (SSSR count). The van der Waals surface area contributed by atoms with Crippen LogP contribution in [0.25, 0.3) is 33.9 Å². The molecule has 2 aromatic carbocycles. The second-order valence-electron chi connectivity index (χ2n) is 7.27. The average molecular weight is 358 g/mol. The molecule has 1 saturated carbocycles. The molecule has 0 unspecified atom stereocenters. The minimum Gasteiger partial charge on any atom is -0.334 e. The molecule has 27 heavy (non-hydrogen) atoms. The highest BCUT2D eigenvalue weighted by Gasteiger charge is 2.19. The van der Waals surface area contributed by atoms with Crippen LogP contribution >= 0.6 is 0 Å². The van der Waals surface area contributed by atoms with E-state index in [1.165, 1.54) is 36.8 Å². The predicted molar refractivity (Wildman–Crippen MR) is 105 cm³/mol. The molecule has 0 N–H and O–H groups in total. The third-order valence-corrected chi connectivity index (χ3v) is 5.56. The molecule has 0 saturated heterocycles. The van der Waals surface area contributed by atoms with Crippen LogP contribution in [0.5, 0.6) is 0 Å². The van der Waals surface area contributed by atoms with Crippen LogP contribution in [0.4, 0.5) is 0 Å². The first-order valence-electron chi connectivity index (χ1n) is 9.72. The summed E-state index contributed by atoms with van der Waals surface area (Å²) in [5, 5.41) is 4.19. The second kappa shape index (κ2) is 6.65. The third-order valence-electron chi connectivity index (χ3n) is 5.56. The Morgan fingerprint density at radius 3 is 2.81 bits per heavy atom. The molecule has 0 radical (unpaired) electrons. The molecular formula is C22H22N4O. The van der Waals surface area contributed by atoms with Gasteiger partial charge in [0, 0.05) is 17.2 Å².